The Labute approximate surface area is 149 Å². The summed E-state index contributed by atoms with van der Waals surface area (Å²) in [6, 6.07) is 12.6. The SMILES string of the molecule is COc1ccc(C=C2SC(=S)N(c3ccccc3C)C2=O)cc1O. The molecule has 0 radical (unpaired) electrons. The summed E-state index contributed by atoms with van der Waals surface area (Å²) in [6.07, 6.45) is 1.72. The molecule has 0 aliphatic carbocycles. The fourth-order valence-electron chi connectivity index (χ4n) is 2.44. The highest BCUT2D eigenvalue weighted by Gasteiger charge is 2.33. The molecule has 1 N–H and O–H groups in total. The van der Waals surface area contributed by atoms with Gasteiger partial charge in [-0.05, 0) is 42.3 Å². The first-order chi connectivity index (χ1) is 11.5. The van der Waals surface area contributed by atoms with E-state index < -0.39 is 0 Å². The average Bonchev–Trinajstić information content (AvgIpc) is 2.82. The summed E-state index contributed by atoms with van der Waals surface area (Å²) in [6.45, 7) is 1.94. The zero-order valence-corrected chi connectivity index (χ0v) is 14.8. The second-order valence-electron chi connectivity index (χ2n) is 5.23. The molecule has 2 aromatic carbocycles. The van der Waals surface area contributed by atoms with Crippen molar-refractivity contribution in [3.05, 3.63) is 58.5 Å². The molecule has 1 heterocycles. The van der Waals surface area contributed by atoms with Gasteiger partial charge in [0.15, 0.2) is 15.8 Å². The van der Waals surface area contributed by atoms with Crippen molar-refractivity contribution >= 4 is 46.0 Å². The van der Waals surface area contributed by atoms with Gasteiger partial charge in [-0.15, -0.1) is 0 Å². The standard InChI is InChI=1S/C18H15NO3S2/c1-11-5-3-4-6-13(11)19-17(21)16(24-18(19)23)10-12-7-8-15(22-2)14(20)9-12/h3-10,20H,1-2H3. The smallest absolute Gasteiger partial charge is 0.270 e. The first-order valence-electron chi connectivity index (χ1n) is 7.22. The number of aryl methyl sites for hydroxylation is 1. The van der Waals surface area contributed by atoms with E-state index >= 15 is 0 Å². The van der Waals surface area contributed by atoms with Crippen molar-refractivity contribution < 1.29 is 14.6 Å². The largest absolute Gasteiger partial charge is 0.504 e. The number of carbonyl (C=O) groups is 1. The number of thiocarbonyl (C=S) groups is 1. The molecule has 4 nitrogen and oxygen atoms in total. The Balaban J connectivity index is 1.94. The summed E-state index contributed by atoms with van der Waals surface area (Å²) in [4.78, 5) is 14.8. The Morgan fingerprint density at radius 1 is 1.25 bits per heavy atom. The van der Waals surface area contributed by atoms with Crippen molar-refractivity contribution in [1.82, 2.24) is 0 Å². The van der Waals surface area contributed by atoms with E-state index in [1.165, 1.54) is 18.9 Å². The monoisotopic (exact) mass is 357 g/mol. The minimum absolute atomic E-state index is 0.0284. The summed E-state index contributed by atoms with van der Waals surface area (Å²) in [5.74, 6) is 0.259. The lowest BCUT2D eigenvalue weighted by molar-refractivity contribution is -0.113. The van der Waals surface area contributed by atoms with E-state index in [1.807, 2.05) is 31.2 Å². The fraction of sp³-hybridized carbons (Fsp3) is 0.111. The molecular formula is C18H15NO3S2. The maximum atomic E-state index is 12.7. The molecule has 122 valence electrons. The van der Waals surface area contributed by atoms with Gasteiger partial charge in [-0.2, -0.15) is 0 Å². The van der Waals surface area contributed by atoms with Crippen LogP contribution in [-0.2, 0) is 4.79 Å². The van der Waals surface area contributed by atoms with Crippen LogP contribution >= 0.6 is 24.0 Å². The number of methoxy groups -OCH3 is 1. The molecule has 0 bridgehead atoms. The lowest BCUT2D eigenvalue weighted by atomic mass is 10.1. The van der Waals surface area contributed by atoms with Crippen LogP contribution in [-0.4, -0.2) is 22.4 Å². The summed E-state index contributed by atoms with van der Waals surface area (Å²) < 4.78 is 5.52. The lowest BCUT2D eigenvalue weighted by Gasteiger charge is -2.16. The molecule has 3 rings (SSSR count). The highest BCUT2D eigenvalue weighted by molar-refractivity contribution is 8.27. The number of nitrogens with zero attached hydrogens (tertiary/aromatic N) is 1. The van der Waals surface area contributed by atoms with E-state index in [-0.39, 0.29) is 11.7 Å². The number of aromatic hydroxyl groups is 1. The third kappa shape index (κ3) is 3.02. The molecule has 1 aliphatic rings. The van der Waals surface area contributed by atoms with Crippen LogP contribution in [0.5, 0.6) is 11.5 Å². The van der Waals surface area contributed by atoms with Crippen LogP contribution in [0.3, 0.4) is 0 Å². The molecule has 24 heavy (non-hydrogen) atoms. The first-order valence-corrected chi connectivity index (χ1v) is 8.44. The van der Waals surface area contributed by atoms with Crippen molar-refractivity contribution in [2.45, 2.75) is 6.92 Å². The van der Waals surface area contributed by atoms with Crippen LogP contribution in [0.4, 0.5) is 5.69 Å². The van der Waals surface area contributed by atoms with E-state index in [9.17, 15) is 9.90 Å². The van der Waals surface area contributed by atoms with E-state index in [0.717, 1.165) is 11.3 Å². The normalized spacial score (nSPS) is 16.1. The second kappa shape index (κ2) is 6.67. The summed E-state index contributed by atoms with van der Waals surface area (Å²) in [5, 5.41) is 9.87. The molecule has 1 saturated heterocycles. The van der Waals surface area contributed by atoms with Crippen LogP contribution in [0.1, 0.15) is 11.1 Å². The molecule has 1 aliphatic heterocycles. The number of phenols is 1. The Morgan fingerprint density at radius 3 is 2.67 bits per heavy atom. The molecule has 6 heteroatoms. The number of anilines is 1. The van der Waals surface area contributed by atoms with Crippen molar-refractivity contribution in [2.75, 3.05) is 12.0 Å². The van der Waals surface area contributed by atoms with Gasteiger partial charge in [-0.3, -0.25) is 9.69 Å². The van der Waals surface area contributed by atoms with Gasteiger partial charge in [0.1, 0.15) is 0 Å². The Morgan fingerprint density at radius 2 is 2.00 bits per heavy atom. The molecule has 0 spiro atoms. The number of carbonyl (C=O) groups excluding carboxylic acids is 1. The number of benzene rings is 2. The van der Waals surface area contributed by atoms with Crippen molar-refractivity contribution in [1.29, 1.82) is 0 Å². The van der Waals surface area contributed by atoms with Crippen LogP contribution in [0, 0.1) is 6.92 Å². The number of para-hydroxylation sites is 1. The van der Waals surface area contributed by atoms with Crippen LogP contribution in [0.2, 0.25) is 0 Å². The second-order valence-corrected chi connectivity index (χ2v) is 6.91. The predicted octanol–water partition coefficient (Wildman–Crippen LogP) is 4.12. The van der Waals surface area contributed by atoms with Crippen molar-refractivity contribution in [2.24, 2.45) is 0 Å². The maximum absolute atomic E-state index is 12.7. The molecular weight excluding hydrogens is 342 g/mol. The topological polar surface area (TPSA) is 49.8 Å². The Bertz CT molecular complexity index is 861. The third-order valence-electron chi connectivity index (χ3n) is 3.65. The average molecular weight is 357 g/mol. The van der Waals surface area contributed by atoms with Crippen molar-refractivity contribution in [3.63, 3.8) is 0 Å². The maximum Gasteiger partial charge on any atom is 0.270 e. The number of thioether (sulfide) groups is 1. The van der Waals surface area contributed by atoms with Gasteiger partial charge >= 0.3 is 0 Å². The quantitative estimate of drug-likeness (QED) is 0.662. The van der Waals surface area contributed by atoms with E-state index in [2.05, 4.69) is 0 Å². The summed E-state index contributed by atoms with van der Waals surface area (Å²) >= 11 is 6.63. The van der Waals surface area contributed by atoms with Crippen LogP contribution in [0.25, 0.3) is 6.08 Å². The first kappa shape index (κ1) is 16.5. The van der Waals surface area contributed by atoms with E-state index in [0.29, 0.717) is 20.5 Å². The molecule has 1 amide bonds. The number of hydrogen-bond donors (Lipinski definition) is 1. The van der Waals surface area contributed by atoms with E-state index in [4.69, 9.17) is 17.0 Å². The molecule has 1 fully saturated rings. The zero-order chi connectivity index (χ0) is 17.3. The highest BCUT2D eigenvalue weighted by atomic mass is 32.2. The Kier molecular flexibility index (Phi) is 4.59. The van der Waals surface area contributed by atoms with Gasteiger partial charge in [0, 0.05) is 0 Å². The lowest BCUT2D eigenvalue weighted by Crippen LogP contribution is -2.28. The summed E-state index contributed by atoms with van der Waals surface area (Å²) in [5.41, 5.74) is 2.48. The molecule has 0 unspecified atom stereocenters. The number of ether oxygens (including phenoxy) is 1. The molecule has 2 aromatic rings. The summed E-state index contributed by atoms with van der Waals surface area (Å²) in [7, 11) is 1.49. The predicted molar refractivity (Wildman–Crippen MR) is 101 cm³/mol. The van der Waals surface area contributed by atoms with Crippen LogP contribution < -0.4 is 9.64 Å². The van der Waals surface area contributed by atoms with Gasteiger partial charge in [-0.1, -0.05) is 48.2 Å². The van der Waals surface area contributed by atoms with Gasteiger partial charge in [0.2, 0.25) is 0 Å². The van der Waals surface area contributed by atoms with Crippen molar-refractivity contribution in [3.8, 4) is 11.5 Å². The van der Waals surface area contributed by atoms with Gasteiger partial charge in [-0.25, -0.2) is 0 Å². The molecule has 0 atom stereocenters. The Hall–Kier alpha value is -2.31. The number of amides is 1. The molecule has 0 saturated carbocycles. The van der Waals surface area contributed by atoms with Gasteiger partial charge < -0.3 is 9.84 Å². The van der Waals surface area contributed by atoms with Gasteiger partial charge in [0.25, 0.3) is 5.91 Å². The number of hydrogen-bond acceptors (Lipinski definition) is 5. The minimum Gasteiger partial charge on any atom is -0.504 e. The number of rotatable bonds is 3. The minimum atomic E-state index is -0.158. The fourth-order valence-corrected chi connectivity index (χ4v) is 3.72. The van der Waals surface area contributed by atoms with E-state index in [1.54, 1.807) is 29.2 Å². The van der Waals surface area contributed by atoms with Crippen LogP contribution in [0.15, 0.2) is 47.4 Å². The third-order valence-corrected chi connectivity index (χ3v) is 4.95. The molecule has 0 aromatic heterocycles. The highest BCUT2D eigenvalue weighted by Crippen LogP contribution is 2.37. The zero-order valence-electron chi connectivity index (χ0n) is 13.1. The number of phenolic OH excluding ortho intramolecular Hbond substituents is 1. The van der Waals surface area contributed by atoms with Gasteiger partial charge in [0.05, 0.1) is 17.7 Å².